The van der Waals surface area contributed by atoms with E-state index in [9.17, 15) is 0 Å². The maximum Gasteiger partial charge on any atom is 0.0799 e. The van der Waals surface area contributed by atoms with Gasteiger partial charge in [0, 0.05) is 37.4 Å². The summed E-state index contributed by atoms with van der Waals surface area (Å²) < 4.78 is 0. The fourth-order valence-electron chi connectivity index (χ4n) is 3.22. The lowest BCUT2D eigenvalue weighted by Gasteiger charge is -2.35. The summed E-state index contributed by atoms with van der Waals surface area (Å²) in [6.07, 6.45) is 0. The minimum Gasteiger partial charge on any atom is -0.370 e. The first-order valence-corrected chi connectivity index (χ1v) is 7.82. The first-order valence-electron chi connectivity index (χ1n) is 7.82. The molecule has 2 aliphatic heterocycles. The average molecular weight is 283 g/mol. The number of aliphatic imine (C=N–C) groups is 1. The van der Waals surface area contributed by atoms with Crippen molar-refractivity contribution in [1.82, 2.24) is 9.80 Å². The van der Waals surface area contributed by atoms with E-state index in [0.717, 1.165) is 32.7 Å². The first-order chi connectivity index (χ1) is 10.1. The van der Waals surface area contributed by atoms with Crippen LogP contribution in [-0.4, -0.2) is 55.3 Å². The third-order valence-corrected chi connectivity index (χ3v) is 4.71. The number of hydrogen-bond acceptors (Lipinski definition) is 3. The molecule has 1 saturated heterocycles. The summed E-state index contributed by atoms with van der Waals surface area (Å²) in [6, 6.07) is 6.65. The zero-order chi connectivity index (χ0) is 15.0. The lowest BCUT2D eigenvalue weighted by atomic mass is 9.97. The van der Waals surface area contributed by atoms with Gasteiger partial charge in [-0.15, -0.1) is 0 Å². The quantitative estimate of drug-likeness (QED) is 0.831. The number of nitrogens with zero attached hydrogens (tertiary/aromatic N) is 3. The van der Waals surface area contributed by atoms with Crippen molar-refractivity contribution in [2.75, 3.05) is 39.8 Å². The van der Waals surface area contributed by atoms with E-state index >= 15 is 0 Å². The molecule has 2 aliphatic rings. The monoisotopic (exact) mass is 283 g/mol. The molecule has 1 aromatic rings. The number of aryl methyl sites for hydroxylation is 2. The van der Waals surface area contributed by atoms with Crippen LogP contribution in [0.4, 0.5) is 0 Å². The van der Waals surface area contributed by atoms with Crippen molar-refractivity contribution in [1.29, 1.82) is 0 Å². The van der Waals surface area contributed by atoms with E-state index in [0.29, 0.717) is 0 Å². The third kappa shape index (κ3) is 2.75. The van der Waals surface area contributed by atoms with Crippen molar-refractivity contribution in [3.8, 4) is 0 Å². The van der Waals surface area contributed by atoms with E-state index in [1.165, 1.54) is 33.7 Å². The lowest BCUT2D eigenvalue weighted by molar-refractivity contribution is 0.185. The summed E-state index contributed by atoms with van der Waals surface area (Å²) in [5.74, 6) is 0. The fraction of sp³-hybridized carbons (Fsp3) is 0.500. The summed E-state index contributed by atoms with van der Waals surface area (Å²) in [5, 5.41) is 0. The summed E-state index contributed by atoms with van der Waals surface area (Å²) in [4.78, 5) is 9.77. The van der Waals surface area contributed by atoms with Gasteiger partial charge in [-0.1, -0.05) is 17.7 Å². The molecule has 21 heavy (non-hydrogen) atoms. The molecule has 0 amide bonds. The van der Waals surface area contributed by atoms with Gasteiger partial charge in [-0.05, 0) is 45.0 Å². The normalized spacial score (nSPS) is 20.2. The van der Waals surface area contributed by atoms with E-state index < -0.39 is 0 Å². The van der Waals surface area contributed by atoms with Gasteiger partial charge in [-0.2, -0.15) is 0 Å². The SMILES string of the molecule is CC1=C(N2CCN(C)CC2)CN=C1c1cc(C)ccc1C. The van der Waals surface area contributed by atoms with E-state index in [1.807, 2.05) is 0 Å². The van der Waals surface area contributed by atoms with Crippen molar-refractivity contribution in [3.63, 3.8) is 0 Å². The molecular weight excluding hydrogens is 258 g/mol. The van der Waals surface area contributed by atoms with Crippen LogP contribution in [0.5, 0.6) is 0 Å². The van der Waals surface area contributed by atoms with Crippen LogP contribution in [-0.2, 0) is 0 Å². The van der Waals surface area contributed by atoms with Gasteiger partial charge in [0.25, 0.3) is 0 Å². The molecule has 0 aromatic heterocycles. The highest BCUT2D eigenvalue weighted by molar-refractivity contribution is 6.14. The second kappa shape index (κ2) is 5.64. The Kier molecular flexibility index (Phi) is 3.85. The molecular formula is C18H25N3. The molecule has 2 heterocycles. The molecule has 3 rings (SSSR count). The molecule has 0 unspecified atom stereocenters. The summed E-state index contributed by atoms with van der Waals surface area (Å²) in [7, 11) is 2.20. The Morgan fingerprint density at radius 1 is 1.00 bits per heavy atom. The number of benzene rings is 1. The molecule has 0 saturated carbocycles. The van der Waals surface area contributed by atoms with Crippen LogP contribution in [0.25, 0.3) is 0 Å². The second-order valence-corrected chi connectivity index (χ2v) is 6.35. The fourth-order valence-corrected chi connectivity index (χ4v) is 3.22. The number of rotatable bonds is 2. The van der Waals surface area contributed by atoms with Crippen molar-refractivity contribution < 1.29 is 0 Å². The van der Waals surface area contributed by atoms with E-state index in [1.54, 1.807) is 0 Å². The van der Waals surface area contributed by atoms with Gasteiger partial charge in [-0.25, -0.2) is 0 Å². The van der Waals surface area contributed by atoms with Gasteiger partial charge in [-0.3, -0.25) is 4.99 Å². The van der Waals surface area contributed by atoms with Crippen LogP contribution in [0.3, 0.4) is 0 Å². The van der Waals surface area contributed by atoms with Crippen LogP contribution in [0.2, 0.25) is 0 Å². The molecule has 0 bridgehead atoms. The van der Waals surface area contributed by atoms with Gasteiger partial charge >= 0.3 is 0 Å². The Labute approximate surface area is 128 Å². The Morgan fingerprint density at radius 3 is 2.43 bits per heavy atom. The van der Waals surface area contributed by atoms with Crippen LogP contribution < -0.4 is 0 Å². The second-order valence-electron chi connectivity index (χ2n) is 6.35. The Bertz CT molecular complexity index is 605. The number of allylic oxidation sites excluding steroid dienone is 1. The standard InChI is InChI=1S/C18H25N3/c1-13-5-6-14(2)16(11-13)18-15(3)17(12-19-18)21-9-7-20(4)8-10-21/h5-6,11H,7-10,12H2,1-4H3. The van der Waals surface area contributed by atoms with Gasteiger partial charge < -0.3 is 9.80 Å². The number of likely N-dealkylation sites (N-methyl/N-ethyl adjacent to an activating group) is 1. The molecule has 3 nitrogen and oxygen atoms in total. The van der Waals surface area contributed by atoms with Crippen LogP contribution in [0.15, 0.2) is 34.5 Å². The van der Waals surface area contributed by atoms with Crippen molar-refractivity contribution in [3.05, 3.63) is 46.2 Å². The lowest BCUT2D eigenvalue weighted by Crippen LogP contribution is -2.44. The minimum atomic E-state index is 0.845. The number of piperazine rings is 1. The molecule has 0 atom stereocenters. The topological polar surface area (TPSA) is 18.8 Å². The highest BCUT2D eigenvalue weighted by Gasteiger charge is 2.24. The maximum absolute atomic E-state index is 4.85. The average Bonchev–Trinajstić information content (AvgIpc) is 2.84. The Hall–Kier alpha value is -1.61. The molecule has 0 aliphatic carbocycles. The predicted molar refractivity (Wildman–Crippen MR) is 89.1 cm³/mol. The zero-order valence-corrected chi connectivity index (χ0v) is 13.6. The smallest absolute Gasteiger partial charge is 0.0799 e. The van der Waals surface area contributed by atoms with Gasteiger partial charge in [0.2, 0.25) is 0 Å². The Morgan fingerprint density at radius 2 is 1.71 bits per heavy atom. The highest BCUT2D eigenvalue weighted by atomic mass is 15.3. The van der Waals surface area contributed by atoms with Crippen molar-refractivity contribution in [2.45, 2.75) is 20.8 Å². The highest BCUT2D eigenvalue weighted by Crippen LogP contribution is 2.25. The summed E-state index contributed by atoms with van der Waals surface area (Å²) in [5.41, 5.74) is 7.92. The maximum atomic E-state index is 4.85. The molecule has 0 spiro atoms. The van der Waals surface area contributed by atoms with Crippen LogP contribution >= 0.6 is 0 Å². The van der Waals surface area contributed by atoms with Crippen LogP contribution in [0, 0.1) is 13.8 Å². The van der Waals surface area contributed by atoms with E-state index in [-0.39, 0.29) is 0 Å². The Balaban J connectivity index is 1.87. The molecule has 1 aromatic carbocycles. The zero-order valence-electron chi connectivity index (χ0n) is 13.6. The summed E-state index contributed by atoms with van der Waals surface area (Å²) in [6.45, 7) is 12.0. The molecule has 0 N–H and O–H groups in total. The van der Waals surface area contributed by atoms with Crippen LogP contribution in [0.1, 0.15) is 23.6 Å². The van der Waals surface area contributed by atoms with Gasteiger partial charge in [0.1, 0.15) is 0 Å². The van der Waals surface area contributed by atoms with Gasteiger partial charge in [0.05, 0.1) is 12.3 Å². The van der Waals surface area contributed by atoms with E-state index in [2.05, 4.69) is 55.8 Å². The first kappa shape index (κ1) is 14.3. The minimum absolute atomic E-state index is 0.845. The van der Waals surface area contributed by atoms with Gasteiger partial charge in [0.15, 0.2) is 0 Å². The molecule has 0 radical (unpaired) electrons. The van der Waals surface area contributed by atoms with Crippen molar-refractivity contribution >= 4 is 5.71 Å². The molecule has 1 fully saturated rings. The molecule has 112 valence electrons. The third-order valence-electron chi connectivity index (χ3n) is 4.71. The molecule has 3 heteroatoms. The largest absolute Gasteiger partial charge is 0.370 e. The van der Waals surface area contributed by atoms with Crippen molar-refractivity contribution in [2.24, 2.45) is 4.99 Å². The summed E-state index contributed by atoms with van der Waals surface area (Å²) >= 11 is 0. The number of hydrogen-bond donors (Lipinski definition) is 0. The van der Waals surface area contributed by atoms with E-state index in [4.69, 9.17) is 4.99 Å². The predicted octanol–water partition coefficient (Wildman–Crippen LogP) is 2.63.